The highest BCUT2D eigenvalue weighted by Crippen LogP contribution is 2.22. The van der Waals surface area contributed by atoms with Crippen molar-refractivity contribution in [2.24, 2.45) is 0 Å². The molecule has 1 N–H and O–H groups in total. The van der Waals surface area contributed by atoms with Gasteiger partial charge in [0.05, 0.1) is 6.54 Å². The molecule has 0 radical (unpaired) electrons. The van der Waals surface area contributed by atoms with Crippen LogP contribution in [-0.2, 0) is 11.3 Å². The van der Waals surface area contributed by atoms with Gasteiger partial charge in [-0.05, 0) is 37.6 Å². The fourth-order valence-electron chi connectivity index (χ4n) is 2.64. The van der Waals surface area contributed by atoms with Crippen molar-refractivity contribution < 1.29 is 4.79 Å². The fourth-order valence-corrected chi connectivity index (χ4v) is 2.64. The van der Waals surface area contributed by atoms with Crippen LogP contribution in [0.15, 0.2) is 67.1 Å². The zero-order valence-electron chi connectivity index (χ0n) is 15.0. The van der Waals surface area contributed by atoms with Gasteiger partial charge in [0.15, 0.2) is 0 Å². The number of carbonyl (C=O) groups excluding carboxylic acids is 1. The van der Waals surface area contributed by atoms with Crippen molar-refractivity contribution in [2.45, 2.75) is 26.4 Å². The van der Waals surface area contributed by atoms with Crippen LogP contribution in [-0.4, -0.2) is 26.7 Å². The number of carbonyl (C=O) groups is 1. The molecule has 0 unspecified atom stereocenters. The van der Waals surface area contributed by atoms with E-state index in [4.69, 9.17) is 5.10 Å². The summed E-state index contributed by atoms with van der Waals surface area (Å²) in [4.78, 5) is 16.1. The first-order valence-electron chi connectivity index (χ1n) is 8.62. The molecule has 0 bridgehead atoms. The van der Waals surface area contributed by atoms with Crippen LogP contribution in [0.25, 0.3) is 17.3 Å². The Morgan fingerprint density at radius 2 is 2.00 bits per heavy atom. The maximum Gasteiger partial charge on any atom is 0.244 e. The fraction of sp³-hybridized carbons (Fsp3) is 0.190. The summed E-state index contributed by atoms with van der Waals surface area (Å²) in [5, 5.41) is 7.56. The van der Waals surface area contributed by atoms with E-state index in [-0.39, 0.29) is 11.9 Å². The van der Waals surface area contributed by atoms with Crippen LogP contribution in [0.4, 0.5) is 0 Å². The highest BCUT2D eigenvalue weighted by atomic mass is 16.1. The van der Waals surface area contributed by atoms with E-state index in [9.17, 15) is 4.79 Å². The number of aromatic nitrogens is 3. The normalized spacial score (nSPS) is 11.2. The van der Waals surface area contributed by atoms with Crippen LogP contribution in [0.2, 0.25) is 0 Å². The first-order valence-corrected chi connectivity index (χ1v) is 8.62. The molecule has 0 aliphatic carbocycles. The monoisotopic (exact) mass is 346 g/mol. The maximum absolute atomic E-state index is 11.9. The molecule has 0 atom stereocenters. The molecule has 0 fully saturated rings. The minimum atomic E-state index is -0.118. The summed E-state index contributed by atoms with van der Waals surface area (Å²) < 4.78 is 1.89. The number of pyridine rings is 1. The van der Waals surface area contributed by atoms with Crippen molar-refractivity contribution in [3.63, 3.8) is 0 Å². The molecule has 3 aromatic rings. The summed E-state index contributed by atoms with van der Waals surface area (Å²) in [7, 11) is 0. The third kappa shape index (κ3) is 4.66. The SMILES string of the molecule is CC(C)NC(=O)/C=C/c1cn(Cc2ccccc2)nc1-c1cccnc1. The lowest BCUT2D eigenvalue weighted by Crippen LogP contribution is -2.28. The maximum atomic E-state index is 11.9. The number of amides is 1. The highest BCUT2D eigenvalue weighted by Gasteiger charge is 2.10. The molecule has 1 aromatic carbocycles. The second-order valence-corrected chi connectivity index (χ2v) is 6.35. The summed E-state index contributed by atoms with van der Waals surface area (Å²) >= 11 is 0. The van der Waals surface area contributed by atoms with Gasteiger partial charge in [0, 0.05) is 41.8 Å². The van der Waals surface area contributed by atoms with Gasteiger partial charge >= 0.3 is 0 Å². The minimum absolute atomic E-state index is 0.103. The number of rotatable bonds is 6. The average molecular weight is 346 g/mol. The summed E-state index contributed by atoms with van der Waals surface area (Å²) in [5.41, 5.74) is 3.78. The van der Waals surface area contributed by atoms with E-state index < -0.39 is 0 Å². The summed E-state index contributed by atoms with van der Waals surface area (Å²) in [5.74, 6) is -0.118. The van der Waals surface area contributed by atoms with Gasteiger partial charge in [-0.15, -0.1) is 0 Å². The molecule has 0 saturated carbocycles. The molecule has 132 valence electrons. The molecular weight excluding hydrogens is 324 g/mol. The first kappa shape index (κ1) is 17.6. The van der Waals surface area contributed by atoms with E-state index in [1.807, 2.05) is 55.1 Å². The van der Waals surface area contributed by atoms with Crippen molar-refractivity contribution in [3.8, 4) is 11.3 Å². The second-order valence-electron chi connectivity index (χ2n) is 6.35. The lowest BCUT2D eigenvalue weighted by molar-refractivity contribution is -0.116. The number of nitrogens with zero attached hydrogens (tertiary/aromatic N) is 3. The molecule has 3 rings (SSSR count). The van der Waals surface area contributed by atoms with Gasteiger partial charge in [0.2, 0.25) is 5.91 Å². The predicted octanol–water partition coefficient (Wildman–Crippen LogP) is 3.53. The van der Waals surface area contributed by atoms with Crippen molar-refractivity contribution in [1.82, 2.24) is 20.1 Å². The number of hydrogen-bond acceptors (Lipinski definition) is 3. The topological polar surface area (TPSA) is 59.8 Å². The molecule has 0 aliphatic rings. The first-order chi connectivity index (χ1) is 12.6. The summed E-state index contributed by atoms with van der Waals surface area (Å²) in [6, 6.07) is 14.1. The van der Waals surface area contributed by atoms with Crippen LogP contribution in [0.5, 0.6) is 0 Å². The van der Waals surface area contributed by atoms with Crippen molar-refractivity contribution in [1.29, 1.82) is 0 Å². The standard InChI is InChI=1S/C21H22N4O/c1-16(2)23-20(26)11-10-19-15-25(14-17-7-4-3-5-8-17)24-21(19)18-9-6-12-22-13-18/h3-13,15-16H,14H2,1-2H3,(H,23,26)/b11-10+. The Kier molecular flexibility index (Phi) is 5.59. The third-order valence-electron chi connectivity index (χ3n) is 3.76. The van der Waals surface area contributed by atoms with Gasteiger partial charge in [0.1, 0.15) is 5.69 Å². The van der Waals surface area contributed by atoms with Gasteiger partial charge in [-0.2, -0.15) is 5.10 Å². The zero-order chi connectivity index (χ0) is 18.4. The van der Waals surface area contributed by atoms with E-state index in [1.54, 1.807) is 24.5 Å². The highest BCUT2D eigenvalue weighted by molar-refractivity contribution is 5.92. The molecule has 26 heavy (non-hydrogen) atoms. The van der Waals surface area contributed by atoms with Gasteiger partial charge in [-0.3, -0.25) is 14.5 Å². The quantitative estimate of drug-likeness (QED) is 0.695. The van der Waals surface area contributed by atoms with Crippen molar-refractivity contribution in [2.75, 3.05) is 0 Å². The molecule has 2 heterocycles. The Hall–Kier alpha value is -3.21. The van der Waals surface area contributed by atoms with E-state index >= 15 is 0 Å². The predicted molar refractivity (Wildman–Crippen MR) is 103 cm³/mol. The number of nitrogens with one attached hydrogen (secondary N) is 1. The Morgan fingerprint density at radius 1 is 1.19 bits per heavy atom. The van der Waals surface area contributed by atoms with Crippen LogP contribution >= 0.6 is 0 Å². The van der Waals surface area contributed by atoms with Gasteiger partial charge < -0.3 is 5.32 Å². The molecular formula is C21H22N4O. The van der Waals surface area contributed by atoms with E-state index in [2.05, 4.69) is 22.4 Å². The Morgan fingerprint density at radius 3 is 2.69 bits per heavy atom. The molecule has 0 spiro atoms. The Bertz CT molecular complexity index is 883. The van der Waals surface area contributed by atoms with E-state index in [1.165, 1.54) is 5.56 Å². The molecule has 5 nitrogen and oxygen atoms in total. The van der Waals surface area contributed by atoms with Crippen molar-refractivity contribution in [3.05, 3.63) is 78.3 Å². The average Bonchev–Trinajstić information content (AvgIpc) is 3.04. The molecule has 5 heteroatoms. The number of benzene rings is 1. The van der Waals surface area contributed by atoms with Gasteiger partial charge in [-0.25, -0.2) is 0 Å². The van der Waals surface area contributed by atoms with Crippen molar-refractivity contribution >= 4 is 12.0 Å². The summed E-state index contributed by atoms with van der Waals surface area (Å²) in [6.07, 6.45) is 8.81. The largest absolute Gasteiger partial charge is 0.350 e. The summed E-state index contributed by atoms with van der Waals surface area (Å²) in [6.45, 7) is 4.54. The van der Waals surface area contributed by atoms with E-state index in [0.29, 0.717) is 6.54 Å². The molecule has 2 aromatic heterocycles. The zero-order valence-corrected chi connectivity index (χ0v) is 15.0. The lowest BCUT2D eigenvalue weighted by atomic mass is 10.1. The molecule has 1 amide bonds. The molecule has 0 aliphatic heterocycles. The Balaban J connectivity index is 1.90. The van der Waals surface area contributed by atoms with Gasteiger partial charge in [0.25, 0.3) is 0 Å². The van der Waals surface area contributed by atoms with Gasteiger partial charge in [-0.1, -0.05) is 30.3 Å². The third-order valence-corrected chi connectivity index (χ3v) is 3.76. The van der Waals surface area contributed by atoms with Crippen LogP contribution < -0.4 is 5.32 Å². The lowest BCUT2D eigenvalue weighted by Gasteiger charge is -2.04. The Labute approximate surface area is 153 Å². The van der Waals surface area contributed by atoms with Crippen LogP contribution in [0, 0.1) is 0 Å². The smallest absolute Gasteiger partial charge is 0.244 e. The minimum Gasteiger partial charge on any atom is -0.350 e. The van der Waals surface area contributed by atoms with Crippen LogP contribution in [0.1, 0.15) is 25.0 Å². The van der Waals surface area contributed by atoms with Crippen LogP contribution in [0.3, 0.4) is 0 Å². The second kappa shape index (κ2) is 8.25. The number of hydrogen-bond donors (Lipinski definition) is 1. The van der Waals surface area contributed by atoms with E-state index in [0.717, 1.165) is 16.8 Å². The molecule has 0 saturated heterocycles.